The molecule has 4 nitrogen and oxygen atoms in total. The molecule has 0 saturated heterocycles. The van der Waals surface area contributed by atoms with Gasteiger partial charge in [0.25, 0.3) is 0 Å². The maximum atomic E-state index is 11.5. The van der Waals surface area contributed by atoms with Crippen molar-refractivity contribution in [2.75, 3.05) is 33.1 Å². The third-order valence-electron chi connectivity index (χ3n) is 1.88. The summed E-state index contributed by atoms with van der Waals surface area (Å²) < 4.78 is 27.8. The first-order valence-electron chi connectivity index (χ1n) is 4.39. The maximum Gasteiger partial charge on any atom is 0.154 e. The van der Waals surface area contributed by atoms with Gasteiger partial charge in [-0.1, -0.05) is 0 Å². The van der Waals surface area contributed by atoms with E-state index in [1.807, 2.05) is 0 Å². The summed E-state index contributed by atoms with van der Waals surface area (Å²) in [5, 5.41) is 2.54. The van der Waals surface area contributed by atoms with E-state index in [4.69, 9.17) is 4.74 Å². The van der Waals surface area contributed by atoms with Crippen LogP contribution in [0.3, 0.4) is 0 Å². The normalized spacial score (nSPS) is 14.4. The van der Waals surface area contributed by atoms with Gasteiger partial charge in [0.05, 0.1) is 11.0 Å². The molecule has 5 heteroatoms. The highest BCUT2D eigenvalue weighted by Gasteiger charge is 2.18. The van der Waals surface area contributed by atoms with E-state index in [1.54, 1.807) is 21.1 Å². The molecule has 0 fully saturated rings. The minimum absolute atomic E-state index is 0.212. The van der Waals surface area contributed by atoms with Crippen molar-refractivity contribution in [1.29, 1.82) is 0 Å². The first-order valence-corrected chi connectivity index (χ1v) is 6.11. The second kappa shape index (κ2) is 6.34. The molecule has 0 aliphatic heterocycles. The lowest BCUT2D eigenvalue weighted by Gasteiger charge is -2.11. The lowest BCUT2D eigenvalue weighted by Crippen LogP contribution is -2.31. The fourth-order valence-electron chi connectivity index (χ4n) is 1.02. The van der Waals surface area contributed by atoms with Gasteiger partial charge in [-0.25, -0.2) is 8.42 Å². The fourth-order valence-corrected chi connectivity index (χ4v) is 2.36. The molecule has 0 bridgehead atoms. The Labute approximate surface area is 80.6 Å². The van der Waals surface area contributed by atoms with Crippen LogP contribution < -0.4 is 5.32 Å². The molecular formula is C8H19NO3S. The Kier molecular flexibility index (Phi) is 6.28. The van der Waals surface area contributed by atoms with Gasteiger partial charge in [0.15, 0.2) is 9.84 Å². The average Bonchev–Trinajstić information content (AvgIpc) is 2.05. The topological polar surface area (TPSA) is 55.4 Å². The summed E-state index contributed by atoms with van der Waals surface area (Å²) in [5.74, 6) is 0.212. The van der Waals surface area contributed by atoms with E-state index in [0.717, 1.165) is 0 Å². The molecule has 0 spiro atoms. The zero-order valence-electron chi connectivity index (χ0n) is 8.54. The molecular weight excluding hydrogens is 190 g/mol. The standard InChI is InChI=1S/C8H19NO3S/c1-8(7-9-2)13(10,11)6-4-5-12-3/h8-9H,4-7H2,1-3H3. The van der Waals surface area contributed by atoms with Crippen molar-refractivity contribution >= 4 is 9.84 Å². The van der Waals surface area contributed by atoms with Crippen molar-refractivity contribution in [3.05, 3.63) is 0 Å². The monoisotopic (exact) mass is 209 g/mol. The van der Waals surface area contributed by atoms with Crippen LogP contribution in [0, 0.1) is 0 Å². The van der Waals surface area contributed by atoms with Crippen LogP contribution in [0.2, 0.25) is 0 Å². The number of rotatable bonds is 7. The molecule has 1 N–H and O–H groups in total. The third kappa shape index (κ3) is 5.23. The summed E-state index contributed by atoms with van der Waals surface area (Å²) in [7, 11) is 0.387. The number of sulfone groups is 1. The Morgan fingerprint density at radius 1 is 1.46 bits per heavy atom. The molecule has 0 heterocycles. The van der Waals surface area contributed by atoms with Crippen LogP contribution in [0.15, 0.2) is 0 Å². The lowest BCUT2D eigenvalue weighted by atomic mass is 10.5. The van der Waals surface area contributed by atoms with Gasteiger partial charge in [0.1, 0.15) is 0 Å². The van der Waals surface area contributed by atoms with Crippen molar-refractivity contribution in [2.24, 2.45) is 0 Å². The molecule has 13 heavy (non-hydrogen) atoms. The first-order chi connectivity index (χ1) is 6.04. The molecule has 0 aromatic rings. The number of methoxy groups -OCH3 is 1. The summed E-state index contributed by atoms with van der Waals surface area (Å²) >= 11 is 0. The SMILES string of the molecule is CNCC(C)S(=O)(=O)CCCOC. The number of ether oxygens (including phenoxy) is 1. The van der Waals surface area contributed by atoms with E-state index in [-0.39, 0.29) is 11.0 Å². The van der Waals surface area contributed by atoms with E-state index in [0.29, 0.717) is 19.6 Å². The molecule has 0 aromatic carbocycles. The van der Waals surface area contributed by atoms with Gasteiger partial charge < -0.3 is 10.1 Å². The largest absolute Gasteiger partial charge is 0.385 e. The van der Waals surface area contributed by atoms with Gasteiger partial charge in [-0.2, -0.15) is 0 Å². The van der Waals surface area contributed by atoms with Crippen molar-refractivity contribution in [2.45, 2.75) is 18.6 Å². The van der Waals surface area contributed by atoms with Gasteiger partial charge >= 0.3 is 0 Å². The summed E-state index contributed by atoms with van der Waals surface area (Å²) in [5.41, 5.74) is 0. The molecule has 0 aliphatic carbocycles. The van der Waals surface area contributed by atoms with Crippen LogP contribution in [-0.4, -0.2) is 46.7 Å². The Balaban J connectivity index is 3.92. The van der Waals surface area contributed by atoms with Crippen LogP contribution in [-0.2, 0) is 14.6 Å². The minimum Gasteiger partial charge on any atom is -0.385 e. The zero-order chi connectivity index (χ0) is 10.3. The van der Waals surface area contributed by atoms with Crippen LogP contribution >= 0.6 is 0 Å². The molecule has 0 aliphatic rings. The summed E-state index contributed by atoms with van der Waals surface area (Å²) in [6, 6.07) is 0. The molecule has 1 unspecified atom stereocenters. The number of hydrogen-bond donors (Lipinski definition) is 1. The highest BCUT2D eigenvalue weighted by atomic mass is 32.2. The quantitative estimate of drug-likeness (QED) is 0.602. The lowest BCUT2D eigenvalue weighted by molar-refractivity contribution is 0.199. The van der Waals surface area contributed by atoms with Crippen LogP contribution in [0.1, 0.15) is 13.3 Å². The molecule has 0 aromatic heterocycles. The number of nitrogens with one attached hydrogen (secondary N) is 1. The highest BCUT2D eigenvalue weighted by molar-refractivity contribution is 7.92. The molecule has 80 valence electrons. The van der Waals surface area contributed by atoms with Crippen LogP contribution in [0.25, 0.3) is 0 Å². The van der Waals surface area contributed by atoms with E-state index >= 15 is 0 Å². The molecule has 1 atom stereocenters. The van der Waals surface area contributed by atoms with Crippen LogP contribution in [0.4, 0.5) is 0 Å². The van der Waals surface area contributed by atoms with Crippen molar-refractivity contribution in [3.63, 3.8) is 0 Å². The van der Waals surface area contributed by atoms with Crippen molar-refractivity contribution < 1.29 is 13.2 Å². The van der Waals surface area contributed by atoms with E-state index in [1.165, 1.54) is 0 Å². The summed E-state index contributed by atoms with van der Waals surface area (Å²) in [6.07, 6.45) is 0.576. The molecule has 0 amide bonds. The first kappa shape index (κ1) is 12.9. The van der Waals surface area contributed by atoms with Crippen molar-refractivity contribution in [3.8, 4) is 0 Å². The van der Waals surface area contributed by atoms with Gasteiger partial charge in [0, 0.05) is 20.3 Å². The predicted molar refractivity (Wildman–Crippen MR) is 53.7 cm³/mol. The highest BCUT2D eigenvalue weighted by Crippen LogP contribution is 2.02. The second-order valence-electron chi connectivity index (χ2n) is 3.08. The van der Waals surface area contributed by atoms with Gasteiger partial charge in [0.2, 0.25) is 0 Å². The Morgan fingerprint density at radius 3 is 2.54 bits per heavy atom. The van der Waals surface area contributed by atoms with E-state index < -0.39 is 9.84 Å². The third-order valence-corrected chi connectivity index (χ3v) is 4.13. The van der Waals surface area contributed by atoms with Crippen LogP contribution in [0.5, 0.6) is 0 Å². The Morgan fingerprint density at radius 2 is 2.08 bits per heavy atom. The second-order valence-corrected chi connectivity index (χ2v) is 5.62. The Bertz CT molecular complexity index is 213. The minimum atomic E-state index is -2.94. The molecule has 0 radical (unpaired) electrons. The number of hydrogen-bond acceptors (Lipinski definition) is 4. The maximum absolute atomic E-state index is 11.5. The van der Waals surface area contributed by atoms with Gasteiger partial charge in [-0.3, -0.25) is 0 Å². The molecule has 0 saturated carbocycles. The zero-order valence-corrected chi connectivity index (χ0v) is 9.36. The van der Waals surface area contributed by atoms with Gasteiger partial charge in [-0.05, 0) is 20.4 Å². The van der Waals surface area contributed by atoms with Crippen molar-refractivity contribution in [1.82, 2.24) is 5.32 Å². The van der Waals surface area contributed by atoms with E-state index in [9.17, 15) is 8.42 Å². The fraction of sp³-hybridized carbons (Fsp3) is 1.00. The van der Waals surface area contributed by atoms with E-state index in [2.05, 4.69) is 5.32 Å². The average molecular weight is 209 g/mol. The predicted octanol–water partition coefficient (Wildman–Crippen LogP) is 0.0456. The summed E-state index contributed by atoms with van der Waals surface area (Å²) in [4.78, 5) is 0. The van der Waals surface area contributed by atoms with Gasteiger partial charge in [-0.15, -0.1) is 0 Å². The molecule has 0 rings (SSSR count). The summed E-state index contributed by atoms with van der Waals surface area (Å²) in [6.45, 7) is 2.74. The Hall–Kier alpha value is -0.130. The smallest absolute Gasteiger partial charge is 0.154 e.